The van der Waals surface area contributed by atoms with E-state index in [2.05, 4.69) is 36.6 Å². The van der Waals surface area contributed by atoms with Gasteiger partial charge in [-0.15, -0.1) is 0 Å². The Morgan fingerprint density at radius 3 is 2.51 bits per heavy atom. The van der Waals surface area contributed by atoms with Crippen LogP contribution < -0.4 is 36.9 Å². The van der Waals surface area contributed by atoms with Gasteiger partial charge in [-0.3, -0.25) is 24.5 Å². The third kappa shape index (κ3) is 8.11. The lowest BCUT2D eigenvalue weighted by atomic mass is 9.86. The summed E-state index contributed by atoms with van der Waals surface area (Å²) < 4.78 is 6.95. The van der Waals surface area contributed by atoms with Gasteiger partial charge in [0.15, 0.2) is 18.2 Å². The maximum absolute atomic E-state index is 12.7. The van der Waals surface area contributed by atoms with Crippen LogP contribution in [0.5, 0.6) is 5.75 Å². The van der Waals surface area contributed by atoms with Crippen molar-refractivity contribution in [2.24, 2.45) is 13.0 Å². The van der Waals surface area contributed by atoms with Crippen molar-refractivity contribution >= 4 is 63.4 Å². The Labute approximate surface area is 288 Å². The fourth-order valence-corrected chi connectivity index (χ4v) is 6.47. The summed E-state index contributed by atoms with van der Waals surface area (Å²) in [7, 11) is 3.15. The molecule has 2 aromatic carbocycles. The molecule has 4 aromatic rings. The molecule has 49 heavy (non-hydrogen) atoms. The molecular formula is C35H39ClN8O5. The number of imide groups is 1. The number of benzene rings is 2. The third-order valence-corrected chi connectivity index (χ3v) is 9.43. The molecule has 3 amide bonds. The van der Waals surface area contributed by atoms with Crippen molar-refractivity contribution in [2.75, 3.05) is 36.1 Å². The SMILES string of the molecule is CNC(=O)COc1cc2cc(Nc3nc(NC[C@H]4CC[C@@H](Nc5ccc(C6CCC(=O)NC6=O)cc5)CC4)ncc3Cl)ccc2n(C)c1=O. The first-order valence-electron chi connectivity index (χ1n) is 16.4. The molecule has 0 spiro atoms. The number of carbonyl (C=O) groups excluding carboxylic acids is 3. The van der Waals surface area contributed by atoms with E-state index in [9.17, 15) is 19.2 Å². The van der Waals surface area contributed by atoms with Gasteiger partial charge in [0.25, 0.3) is 11.5 Å². The molecule has 6 rings (SSSR count). The molecule has 5 N–H and O–H groups in total. The van der Waals surface area contributed by atoms with Crippen LogP contribution in [0.1, 0.15) is 50.0 Å². The van der Waals surface area contributed by atoms with Gasteiger partial charge in [0.1, 0.15) is 5.02 Å². The molecule has 2 aliphatic rings. The molecule has 0 bridgehead atoms. The highest BCUT2D eigenvalue weighted by Crippen LogP contribution is 2.30. The second-order valence-electron chi connectivity index (χ2n) is 12.5. The number of ether oxygens (including phenoxy) is 1. The van der Waals surface area contributed by atoms with Crippen LogP contribution in [0.2, 0.25) is 5.02 Å². The second-order valence-corrected chi connectivity index (χ2v) is 12.9. The van der Waals surface area contributed by atoms with Crippen molar-refractivity contribution in [3.05, 3.63) is 75.7 Å². The van der Waals surface area contributed by atoms with Gasteiger partial charge < -0.3 is 30.6 Å². The molecule has 1 aliphatic heterocycles. The Bertz CT molecular complexity index is 1920. The number of halogens is 1. The number of hydrogen-bond acceptors (Lipinski definition) is 10. The molecule has 0 radical (unpaired) electrons. The van der Waals surface area contributed by atoms with Crippen molar-refractivity contribution < 1.29 is 19.1 Å². The lowest BCUT2D eigenvalue weighted by molar-refractivity contribution is -0.134. The van der Waals surface area contributed by atoms with Crippen LogP contribution >= 0.6 is 11.6 Å². The number of fused-ring (bicyclic) bond motifs is 1. The molecule has 1 unspecified atom stereocenters. The molecule has 13 nitrogen and oxygen atoms in total. The van der Waals surface area contributed by atoms with Gasteiger partial charge in [-0.25, -0.2) is 4.98 Å². The average Bonchev–Trinajstić information content (AvgIpc) is 3.10. The van der Waals surface area contributed by atoms with Crippen molar-refractivity contribution in [2.45, 2.75) is 50.5 Å². The first-order chi connectivity index (χ1) is 23.7. The standard InChI is InChI=1S/C35H39ClN8O5/c1-37-31(46)19-49-29-16-22-15-25(11-13-28(22)44(2)34(29)48)41-32-27(36)18-39-35(43-32)38-17-20-3-7-23(8-4-20)40-24-9-5-21(6-10-24)26-12-14-30(45)42-33(26)47/h5-6,9-11,13,15-16,18,20,23,26,40H,3-4,7-8,12,14,17,19H2,1-2H3,(H,37,46)(H,42,45,47)(H2,38,39,41,43)/t20-,23+,26?. The van der Waals surface area contributed by atoms with Gasteiger partial charge in [0.05, 0.1) is 17.6 Å². The molecule has 2 fully saturated rings. The number of piperidine rings is 1. The van der Waals surface area contributed by atoms with Gasteiger partial charge in [-0.2, -0.15) is 4.98 Å². The minimum Gasteiger partial charge on any atom is -0.478 e. The summed E-state index contributed by atoms with van der Waals surface area (Å²) in [5.74, 6) is 0.417. The predicted molar refractivity (Wildman–Crippen MR) is 189 cm³/mol. The highest BCUT2D eigenvalue weighted by molar-refractivity contribution is 6.32. The number of amides is 3. The zero-order valence-electron chi connectivity index (χ0n) is 27.3. The van der Waals surface area contributed by atoms with Crippen molar-refractivity contribution in [1.82, 2.24) is 25.2 Å². The van der Waals surface area contributed by atoms with Gasteiger partial charge >= 0.3 is 0 Å². The molecule has 1 saturated carbocycles. The maximum Gasteiger partial charge on any atom is 0.293 e. The van der Waals surface area contributed by atoms with E-state index >= 15 is 0 Å². The van der Waals surface area contributed by atoms with Crippen LogP contribution in [-0.2, 0) is 21.4 Å². The second kappa shape index (κ2) is 14.9. The molecule has 3 heterocycles. The predicted octanol–water partition coefficient (Wildman–Crippen LogP) is 4.45. The number of nitrogens with one attached hydrogen (secondary N) is 5. The Hall–Kier alpha value is -5.17. The highest BCUT2D eigenvalue weighted by atomic mass is 35.5. The van der Waals surface area contributed by atoms with Crippen LogP contribution in [0, 0.1) is 5.92 Å². The quantitative estimate of drug-likeness (QED) is 0.142. The van der Waals surface area contributed by atoms with Gasteiger partial charge in [-0.05, 0) is 80.0 Å². The molecule has 256 valence electrons. The molecule has 14 heteroatoms. The first kappa shape index (κ1) is 33.7. The molecule has 1 saturated heterocycles. The van der Waals surface area contributed by atoms with Crippen LogP contribution in [-0.4, -0.2) is 58.5 Å². The smallest absolute Gasteiger partial charge is 0.293 e. The maximum atomic E-state index is 12.7. The molecule has 1 aliphatic carbocycles. The van der Waals surface area contributed by atoms with Gasteiger partial charge in [0.2, 0.25) is 17.8 Å². The van der Waals surface area contributed by atoms with Crippen LogP contribution in [0.25, 0.3) is 10.9 Å². The fraction of sp³-hybridized carbons (Fsp3) is 0.371. The topological polar surface area (TPSA) is 168 Å². The number of carbonyl (C=O) groups is 3. The van der Waals surface area contributed by atoms with Gasteiger partial charge in [-0.1, -0.05) is 23.7 Å². The van der Waals surface area contributed by atoms with Crippen LogP contribution in [0.4, 0.5) is 23.1 Å². The number of anilines is 4. The average molecular weight is 687 g/mol. The van der Waals surface area contributed by atoms with E-state index in [0.717, 1.165) is 48.9 Å². The third-order valence-electron chi connectivity index (χ3n) is 9.15. The molecule has 2 aromatic heterocycles. The molecule has 1 atom stereocenters. The number of aryl methyl sites for hydroxylation is 1. The summed E-state index contributed by atoms with van der Waals surface area (Å²) >= 11 is 6.46. The Kier molecular flexibility index (Phi) is 10.3. The minimum absolute atomic E-state index is 0.0767. The van der Waals surface area contributed by atoms with E-state index in [4.69, 9.17) is 16.3 Å². The van der Waals surface area contributed by atoms with Crippen molar-refractivity contribution in [1.29, 1.82) is 0 Å². The Morgan fingerprint density at radius 1 is 1.02 bits per heavy atom. The minimum atomic E-state index is -0.338. The van der Waals surface area contributed by atoms with Crippen molar-refractivity contribution in [3.8, 4) is 5.75 Å². The lowest BCUT2D eigenvalue weighted by Crippen LogP contribution is -2.39. The summed E-state index contributed by atoms with van der Waals surface area (Å²) in [4.78, 5) is 57.0. The summed E-state index contributed by atoms with van der Waals surface area (Å²) in [6.45, 7) is 0.473. The van der Waals surface area contributed by atoms with E-state index in [-0.39, 0.29) is 41.6 Å². The van der Waals surface area contributed by atoms with E-state index in [1.165, 1.54) is 11.6 Å². The number of pyridine rings is 1. The number of hydrogen-bond donors (Lipinski definition) is 5. The van der Waals surface area contributed by atoms with Crippen LogP contribution in [0.15, 0.2) is 59.5 Å². The van der Waals surface area contributed by atoms with E-state index in [1.807, 2.05) is 42.5 Å². The number of nitrogens with zero attached hydrogens (tertiary/aromatic N) is 3. The summed E-state index contributed by atoms with van der Waals surface area (Å²) in [5.41, 5.74) is 3.02. The summed E-state index contributed by atoms with van der Waals surface area (Å²) in [6.07, 6.45) is 6.62. The fourth-order valence-electron chi connectivity index (χ4n) is 6.33. The highest BCUT2D eigenvalue weighted by Gasteiger charge is 2.28. The summed E-state index contributed by atoms with van der Waals surface area (Å²) in [5, 5.41) is 16.2. The van der Waals surface area contributed by atoms with Crippen LogP contribution in [0.3, 0.4) is 0 Å². The Morgan fingerprint density at radius 2 is 1.78 bits per heavy atom. The number of likely N-dealkylation sites (N-methyl/N-ethyl adjacent to an activating group) is 1. The van der Waals surface area contributed by atoms with Gasteiger partial charge in [0, 0.05) is 49.9 Å². The van der Waals surface area contributed by atoms with E-state index in [0.29, 0.717) is 52.8 Å². The first-order valence-corrected chi connectivity index (χ1v) is 16.8. The zero-order chi connectivity index (χ0) is 34.5. The van der Waals surface area contributed by atoms with Crippen molar-refractivity contribution in [3.63, 3.8) is 0 Å². The lowest BCUT2D eigenvalue weighted by Gasteiger charge is -2.30. The summed E-state index contributed by atoms with van der Waals surface area (Å²) in [6, 6.07) is 15.4. The molecular weight excluding hydrogens is 648 g/mol. The van der Waals surface area contributed by atoms with E-state index in [1.54, 1.807) is 19.3 Å². The van der Waals surface area contributed by atoms with E-state index < -0.39 is 0 Å². The monoisotopic (exact) mass is 686 g/mol. The number of rotatable bonds is 11. The zero-order valence-corrected chi connectivity index (χ0v) is 28.1. The largest absolute Gasteiger partial charge is 0.478 e. The normalized spacial score (nSPS) is 19.2. The Balaban J connectivity index is 1.01. The number of aromatic nitrogens is 3.